The lowest BCUT2D eigenvalue weighted by molar-refractivity contribution is 0.0534. The summed E-state index contributed by atoms with van der Waals surface area (Å²) in [5, 5.41) is 2.85. The maximum absolute atomic E-state index is 11.8. The van der Waals surface area contributed by atoms with E-state index in [-0.39, 0.29) is 11.9 Å². The summed E-state index contributed by atoms with van der Waals surface area (Å²) in [4.78, 5) is 36.9. The van der Waals surface area contributed by atoms with Crippen LogP contribution in [0.25, 0.3) is 17.0 Å². The lowest BCUT2D eigenvalue weighted by Crippen LogP contribution is -2.32. The van der Waals surface area contributed by atoms with Crippen LogP contribution in [0.3, 0.4) is 0 Å². The summed E-state index contributed by atoms with van der Waals surface area (Å²) in [6.07, 6.45) is 2.81. The highest BCUT2D eigenvalue weighted by molar-refractivity contribution is 5.86. The lowest BCUT2D eigenvalue weighted by atomic mass is 10.1. The Balaban J connectivity index is 2.12. The minimum Gasteiger partial charge on any atom is -0.444 e. The predicted octanol–water partition coefficient (Wildman–Crippen LogP) is 2.02. The van der Waals surface area contributed by atoms with Crippen LogP contribution in [0.4, 0.5) is 4.79 Å². The van der Waals surface area contributed by atoms with Crippen molar-refractivity contribution in [2.75, 3.05) is 6.54 Å². The number of nitrogens with one attached hydrogen (secondary N) is 2. The third kappa shape index (κ3) is 4.57. The highest BCUT2D eigenvalue weighted by atomic mass is 16.6. The number of carbonyl (C=O) groups excluding carboxylic acids is 1. The van der Waals surface area contributed by atoms with Gasteiger partial charge in [0, 0.05) is 6.54 Å². The van der Waals surface area contributed by atoms with Crippen molar-refractivity contribution in [2.24, 2.45) is 0 Å². The Labute approximate surface area is 132 Å². The van der Waals surface area contributed by atoms with Gasteiger partial charge in [-0.2, -0.15) is 0 Å². The number of fused-ring (bicyclic) bond motifs is 1. The molecule has 0 bridgehead atoms. The maximum atomic E-state index is 11.8. The zero-order valence-corrected chi connectivity index (χ0v) is 13.1. The summed E-state index contributed by atoms with van der Waals surface area (Å²) in [6, 6.07) is 5.03. The van der Waals surface area contributed by atoms with Gasteiger partial charge in [-0.05, 0) is 32.4 Å². The number of aromatic nitrogens is 1. The molecule has 0 atom stereocenters. The van der Waals surface area contributed by atoms with Gasteiger partial charge in [-0.1, -0.05) is 24.3 Å². The van der Waals surface area contributed by atoms with E-state index < -0.39 is 23.1 Å². The number of alkyl carbamates (subject to hydrolysis) is 1. The molecule has 0 aliphatic carbocycles. The Morgan fingerprint density at radius 2 is 2.09 bits per heavy atom. The molecule has 0 unspecified atom stereocenters. The van der Waals surface area contributed by atoms with Crippen molar-refractivity contribution in [3.8, 4) is 0 Å². The van der Waals surface area contributed by atoms with Gasteiger partial charge < -0.3 is 14.5 Å². The summed E-state index contributed by atoms with van der Waals surface area (Å²) >= 11 is 0. The largest absolute Gasteiger partial charge is 0.444 e. The second-order valence-corrected chi connectivity index (χ2v) is 5.86. The Morgan fingerprint density at radius 1 is 1.35 bits per heavy atom. The molecule has 0 radical (unpaired) electrons. The van der Waals surface area contributed by atoms with Crippen LogP contribution >= 0.6 is 0 Å². The van der Waals surface area contributed by atoms with Crippen molar-refractivity contribution in [3.05, 3.63) is 50.8 Å². The zero-order valence-electron chi connectivity index (χ0n) is 13.1. The molecule has 1 amide bonds. The van der Waals surface area contributed by atoms with Gasteiger partial charge in [-0.3, -0.25) is 4.98 Å². The Hall–Kier alpha value is -2.83. The van der Waals surface area contributed by atoms with Crippen LogP contribution in [0, 0.1) is 0 Å². The Bertz CT molecular complexity index is 855. The number of ether oxygens (including phenoxy) is 1. The molecule has 0 saturated heterocycles. The molecule has 0 spiro atoms. The minimum atomic E-state index is -0.796. The molecule has 2 aromatic rings. The summed E-state index contributed by atoms with van der Waals surface area (Å²) in [5.74, 6) is -0.796. The summed E-state index contributed by atoms with van der Waals surface area (Å²) in [5.41, 5.74) is -0.287. The summed E-state index contributed by atoms with van der Waals surface area (Å²) < 4.78 is 9.64. The first-order chi connectivity index (χ1) is 10.8. The number of aromatic amines is 1. The number of hydrogen-bond donors (Lipinski definition) is 2. The van der Waals surface area contributed by atoms with Gasteiger partial charge in [0.05, 0.1) is 10.9 Å². The van der Waals surface area contributed by atoms with Crippen molar-refractivity contribution in [1.29, 1.82) is 0 Å². The van der Waals surface area contributed by atoms with Gasteiger partial charge in [0.15, 0.2) is 0 Å². The minimum absolute atomic E-state index is 0.236. The molecule has 0 aliphatic heterocycles. The average molecular weight is 318 g/mol. The monoisotopic (exact) mass is 318 g/mol. The topological polar surface area (TPSA) is 101 Å². The van der Waals surface area contributed by atoms with Gasteiger partial charge in [0.2, 0.25) is 0 Å². The van der Waals surface area contributed by atoms with Crippen LogP contribution in [0.2, 0.25) is 0 Å². The van der Waals surface area contributed by atoms with E-state index in [1.807, 2.05) is 0 Å². The van der Waals surface area contributed by atoms with Crippen molar-refractivity contribution in [1.82, 2.24) is 10.3 Å². The molecule has 7 heteroatoms. The number of amides is 1. The fraction of sp³-hybridized carbons (Fsp3) is 0.312. The fourth-order valence-corrected chi connectivity index (χ4v) is 1.95. The van der Waals surface area contributed by atoms with E-state index in [0.717, 1.165) is 0 Å². The van der Waals surface area contributed by atoms with Gasteiger partial charge in [-0.25, -0.2) is 14.4 Å². The summed E-state index contributed by atoms with van der Waals surface area (Å²) in [7, 11) is 0. The highest BCUT2D eigenvalue weighted by Gasteiger charge is 2.15. The van der Waals surface area contributed by atoms with Crippen LogP contribution in [-0.4, -0.2) is 23.2 Å². The molecule has 1 aromatic carbocycles. The first kappa shape index (κ1) is 16.5. The van der Waals surface area contributed by atoms with E-state index in [9.17, 15) is 14.4 Å². The quantitative estimate of drug-likeness (QED) is 0.901. The first-order valence-electron chi connectivity index (χ1n) is 7.06. The van der Waals surface area contributed by atoms with Gasteiger partial charge >= 0.3 is 17.5 Å². The Morgan fingerprint density at radius 3 is 2.78 bits per heavy atom. The fourth-order valence-electron chi connectivity index (χ4n) is 1.95. The molecule has 2 N–H and O–H groups in total. The molecule has 1 aromatic heterocycles. The van der Waals surface area contributed by atoms with Crippen molar-refractivity contribution >= 4 is 23.1 Å². The van der Waals surface area contributed by atoms with Gasteiger partial charge in [-0.15, -0.1) is 0 Å². The molecule has 0 aliphatic rings. The van der Waals surface area contributed by atoms with E-state index >= 15 is 0 Å². The molecule has 122 valence electrons. The predicted molar refractivity (Wildman–Crippen MR) is 86.4 cm³/mol. The molecule has 0 fully saturated rings. The lowest BCUT2D eigenvalue weighted by Gasteiger charge is -2.19. The highest BCUT2D eigenvalue weighted by Crippen LogP contribution is 2.13. The average Bonchev–Trinajstić information content (AvgIpc) is 2.41. The molecule has 23 heavy (non-hydrogen) atoms. The zero-order chi connectivity index (χ0) is 17.0. The van der Waals surface area contributed by atoms with Crippen LogP contribution in [0.1, 0.15) is 26.3 Å². The number of H-pyrrole nitrogens is 1. The van der Waals surface area contributed by atoms with Gasteiger partial charge in [0.25, 0.3) is 0 Å². The molecule has 0 saturated carbocycles. The SMILES string of the molecule is CC(C)(C)OC(=O)NCC=Cc1cccc2[nH]c(=O)oc(=O)c12. The number of hydrogen-bond acceptors (Lipinski definition) is 5. The van der Waals surface area contributed by atoms with E-state index in [4.69, 9.17) is 4.74 Å². The second-order valence-electron chi connectivity index (χ2n) is 5.86. The number of rotatable bonds is 3. The summed E-state index contributed by atoms with van der Waals surface area (Å²) in [6.45, 7) is 5.57. The van der Waals surface area contributed by atoms with Crippen LogP contribution in [0.5, 0.6) is 0 Å². The van der Waals surface area contributed by atoms with Crippen LogP contribution in [0.15, 0.2) is 38.3 Å². The third-order valence-corrected chi connectivity index (χ3v) is 2.78. The first-order valence-corrected chi connectivity index (χ1v) is 7.06. The maximum Gasteiger partial charge on any atom is 0.419 e. The van der Waals surface area contributed by atoms with Gasteiger partial charge in [0.1, 0.15) is 5.60 Å². The smallest absolute Gasteiger partial charge is 0.419 e. The second kappa shape index (κ2) is 6.51. The van der Waals surface area contributed by atoms with Crippen LogP contribution < -0.4 is 16.7 Å². The normalized spacial score (nSPS) is 11.8. The van der Waals surface area contributed by atoms with Crippen molar-refractivity contribution in [3.63, 3.8) is 0 Å². The Kier molecular flexibility index (Phi) is 4.68. The van der Waals surface area contributed by atoms with E-state index in [1.54, 1.807) is 51.1 Å². The van der Waals surface area contributed by atoms with Crippen LogP contribution in [-0.2, 0) is 4.74 Å². The van der Waals surface area contributed by atoms with E-state index in [0.29, 0.717) is 11.1 Å². The molecule has 2 rings (SSSR count). The molecular weight excluding hydrogens is 300 g/mol. The molecule has 1 heterocycles. The molecular formula is C16H18N2O5. The van der Waals surface area contributed by atoms with E-state index in [2.05, 4.69) is 14.7 Å². The van der Waals surface area contributed by atoms with Crippen molar-refractivity contribution in [2.45, 2.75) is 26.4 Å². The van der Waals surface area contributed by atoms with E-state index in [1.165, 1.54) is 0 Å². The number of carbonyl (C=O) groups is 1. The molecule has 7 nitrogen and oxygen atoms in total. The van der Waals surface area contributed by atoms with Crippen molar-refractivity contribution < 1.29 is 13.9 Å². The standard InChI is InChI=1S/C16H18N2O5/c1-16(2,3)23-14(20)17-9-5-7-10-6-4-8-11-12(10)13(19)22-15(21)18-11/h4-8H,9H2,1-3H3,(H,17,20)(H,18,21). The third-order valence-electron chi connectivity index (χ3n) is 2.78. The number of benzene rings is 1.